The number of fused-ring (bicyclic) bond motifs is 2. The molecule has 5 nitrogen and oxygen atoms in total. The molecule has 2 aromatic heterocycles. The lowest BCUT2D eigenvalue weighted by Crippen LogP contribution is -2.35. The number of benzene rings is 2. The molecule has 0 aliphatic carbocycles. The van der Waals surface area contributed by atoms with Crippen molar-refractivity contribution in [3.05, 3.63) is 86.3 Å². The van der Waals surface area contributed by atoms with Gasteiger partial charge in [0.15, 0.2) is 5.76 Å². The maximum Gasteiger partial charge on any atom is 0.291 e. The van der Waals surface area contributed by atoms with Crippen molar-refractivity contribution < 1.29 is 14.0 Å². The van der Waals surface area contributed by atoms with Gasteiger partial charge in [0.1, 0.15) is 5.58 Å². The molecule has 2 amide bonds. The molecular weight excluding hydrogens is 432 g/mol. The topological polar surface area (TPSA) is 62.6 Å². The fourth-order valence-corrected chi connectivity index (χ4v) is 4.98. The van der Waals surface area contributed by atoms with Crippen molar-refractivity contribution in [1.29, 1.82) is 0 Å². The molecule has 7 heteroatoms. The highest BCUT2D eigenvalue weighted by atomic mass is 35.5. The Bertz CT molecular complexity index is 1320. The van der Waals surface area contributed by atoms with Crippen LogP contribution in [0.2, 0.25) is 5.02 Å². The van der Waals surface area contributed by atoms with Gasteiger partial charge in [0, 0.05) is 39.6 Å². The smallest absolute Gasteiger partial charge is 0.291 e. The quantitative estimate of drug-likeness (QED) is 0.422. The van der Waals surface area contributed by atoms with Gasteiger partial charge in [-0.05, 0) is 72.3 Å². The van der Waals surface area contributed by atoms with E-state index in [0.29, 0.717) is 34.9 Å². The SMILES string of the molecule is Cc1c(NC(=O)c2cc3cc(Cl)ccc3o2)cccc1C(=O)N1CCc2sccc2C1. The molecule has 0 saturated heterocycles. The van der Waals surface area contributed by atoms with E-state index < -0.39 is 0 Å². The number of hydrogen-bond acceptors (Lipinski definition) is 4. The lowest BCUT2D eigenvalue weighted by molar-refractivity contribution is 0.0735. The first-order valence-corrected chi connectivity index (χ1v) is 11.2. The molecule has 0 spiro atoms. The van der Waals surface area contributed by atoms with Crippen molar-refractivity contribution in [1.82, 2.24) is 4.90 Å². The Morgan fingerprint density at radius 1 is 1.16 bits per heavy atom. The third kappa shape index (κ3) is 3.73. The van der Waals surface area contributed by atoms with Gasteiger partial charge in [-0.2, -0.15) is 0 Å². The van der Waals surface area contributed by atoms with Gasteiger partial charge in [0.25, 0.3) is 11.8 Å². The molecule has 2 aromatic carbocycles. The Kier molecular flexibility index (Phi) is 5.04. The summed E-state index contributed by atoms with van der Waals surface area (Å²) >= 11 is 7.76. The largest absolute Gasteiger partial charge is 0.451 e. The third-order valence-corrected chi connectivity index (χ3v) is 6.87. The summed E-state index contributed by atoms with van der Waals surface area (Å²) in [6, 6.07) is 14.3. The van der Waals surface area contributed by atoms with Gasteiger partial charge < -0.3 is 14.6 Å². The van der Waals surface area contributed by atoms with E-state index in [4.69, 9.17) is 16.0 Å². The standard InChI is InChI=1S/C24H19ClN2O3S/c1-14-18(24(29)27-9-7-22-15(13-27)8-10-31-22)3-2-4-19(14)26-23(28)21-12-16-11-17(25)5-6-20(16)30-21/h2-6,8,10-12H,7,9,13H2,1H3,(H,26,28). The molecule has 0 atom stereocenters. The van der Waals surface area contributed by atoms with Crippen molar-refractivity contribution in [2.45, 2.75) is 19.9 Å². The van der Waals surface area contributed by atoms with E-state index in [1.165, 1.54) is 10.4 Å². The zero-order valence-corrected chi connectivity index (χ0v) is 18.3. The van der Waals surface area contributed by atoms with Crippen LogP contribution in [0.4, 0.5) is 5.69 Å². The van der Waals surface area contributed by atoms with Crippen LogP contribution in [-0.4, -0.2) is 23.3 Å². The third-order valence-electron chi connectivity index (χ3n) is 5.61. The van der Waals surface area contributed by atoms with Crippen LogP contribution in [0, 0.1) is 6.92 Å². The first-order valence-electron chi connectivity index (χ1n) is 9.94. The van der Waals surface area contributed by atoms with Gasteiger partial charge in [-0.3, -0.25) is 9.59 Å². The van der Waals surface area contributed by atoms with Crippen molar-refractivity contribution in [2.75, 3.05) is 11.9 Å². The first-order chi connectivity index (χ1) is 15.0. The molecule has 0 saturated carbocycles. The second-order valence-electron chi connectivity index (χ2n) is 7.57. The zero-order chi connectivity index (χ0) is 21.5. The highest BCUT2D eigenvalue weighted by molar-refractivity contribution is 7.10. The van der Waals surface area contributed by atoms with E-state index in [9.17, 15) is 9.59 Å². The maximum atomic E-state index is 13.2. The van der Waals surface area contributed by atoms with E-state index in [1.807, 2.05) is 11.8 Å². The molecule has 3 heterocycles. The number of carbonyl (C=O) groups is 2. The zero-order valence-electron chi connectivity index (χ0n) is 16.8. The average molecular weight is 451 g/mol. The molecule has 4 aromatic rings. The number of anilines is 1. The van der Waals surface area contributed by atoms with Crippen molar-refractivity contribution >= 4 is 51.4 Å². The molecular formula is C24H19ClN2O3S. The summed E-state index contributed by atoms with van der Waals surface area (Å²) in [4.78, 5) is 29.2. The number of nitrogens with zero attached hydrogens (tertiary/aromatic N) is 1. The van der Waals surface area contributed by atoms with Crippen LogP contribution >= 0.6 is 22.9 Å². The number of rotatable bonds is 3. The molecule has 0 radical (unpaired) electrons. The van der Waals surface area contributed by atoms with Crippen LogP contribution < -0.4 is 5.32 Å². The summed E-state index contributed by atoms with van der Waals surface area (Å²) in [6.45, 7) is 3.17. The number of furan rings is 1. The highest BCUT2D eigenvalue weighted by Crippen LogP contribution is 2.28. The molecule has 156 valence electrons. The predicted molar refractivity (Wildman–Crippen MR) is 123 cm³/mol. The number of hydrogen-bond donors (Lipinski definition) is 1. The van der Waals surface area contributed by atoms with E-state index in [1.54, 1.807) is 53.8 Å². The van der Waals surface area contributed by atoms with Crippen LogP contribution in [0.3, 0.4) is 0 Å². The lowest BCUT2D eigenvalue weighted by atomic mass is 10.0. The van der Waals surface area contributed by atoms with E-state index in [0.717, 1.165) is 17.4 Å². The molecule has 1 N–H and O–H groups in total. The Morgan fingerprint density at radius 2 is 2.03 bits per heavy atom. The Hall–Kier alpha value is -3.09. The van der Waals surface area contributed by atoms with E-state index in [-0.39, 0.29) is 17.6 Å². The Morgan fingerprint density at radius 3 is 2.90 bits per heavy atom. The summed E-state index contributed by atoms with van der Waals surface area (Å²) < 4.78 is 5.65. The number of amides is 2. The van der Waals surface area contributed by atoms with Crippen LogP contribution in [-0.2, 0) is 13.0 Å². The van der Waals surface area contributed by atoms with Gasteiger partial charge in [-0.1, -0.05) is 17.7 Å². The van der Waals surface area contributed by atoms with Crippen LogP contribution in [0.25, 0.3) is 11.0 Å². The predicted octanol–water partition coefficient (Wildman–Crippen LogP) is 5.91. The fourth-order valence-electron chi connectivity index (χ4n) is 3.90. The average Bonchev–Trinajstić information content (AvgIpc) is 3.40. The normalized spacial score (nSPS) is 13.3. The summed E-state index contributed by atoms with van der Waals surface area (Å²) in [6.07, 6.45) is 0.879. The minimum Gasteiger partial charge on any atom is -0.451 e. The summed E-state index contributed by atoms with van der Waals surface area (Å²) in [7, 11) is 0. The monoisotopic (exact) mass is 450 g/mol. The van der Waals surface area contributed by atoms with Gasteiger partial charge in [0.05, 0.1) is 0 Å². The van der Waals surface area contributed by atoms with Gasteiger partial charge >= 0.3 is 0 Å². The van der Waals surface area contributed by atoms with Gasteiger partial charge in [0.2, 0.25) is 0 Å². The second kappa shape index (κ2) is 7.87. The van der Waals surface area contributed by atoms with Crippen molar-refractivity contribution in [3.63, 3.8) is 0 Å². The fraction of sp³-hybridized carbons (Fsp3) is 0.167. The number of carbonyl (C=O) groups excluding carboxylic acids is 2. The Labute approximate surface area is 188 Å². The lowest BCUT2D eigenvalue weighted by Gasteiger charge is -2.28. The molecule has 5 rings (SSSR count). The number of thiophene rings is 1. The number of nitrogens with one attached hydrogen (secondary N) is 1. The molecule has 1 aliphatic rings. The van der Waals surface area contributed by atoms with Crippen LogP contribution in [0.15, 0.2) is 58.3 Å². The highest BCUT2D eigenvalue weighted by Gasteiger charge is 2.24. The maximum absolute atomic E-state index is 13.2. The van der Waals surface area contributed by atoms with E-state index in [2.05, 4.69) is 16.8 Å². The minimum absolute atomic E-state index is 0.0242. The van der Waals surface area contributed by atoms with Crippen molar-refractivity contribution in [2.24, 2.45) is 0 Å². The molecule has 0 fully saturated rings. The minimum atomic E-state index is -0.374. The van der Waals surface area contributed by atoms with E-state index >= 15 is 0 Å². The molecule has 0 bridgehead atoms. The summed E-state index contributed by atoms with van der Waals surface area (Å²) in [5.74, 6) is -0.209. The molecule has 0 unspecified atom stereocenters. The Balaban J connectivity index is 1.37. The van der Waals surface area contributed by atoms with Gasteiger partial charge in [-0.25, -0.2) is 0 Å². The number of halogens is 1. The molecule has 31 heavy (non-hydrogen) atoms. The van der Waals surface area contributed by atoms with Crippen LogP contribution in [0.1, 0.15) is 36.9 Å². The second-order valence-corrected chi connectivity index (χ2v) is 9.01. The first kappa shape index (κ1) is 19.8. The summed E-state index contributed by atoms with van der Waals surface area (Å²) in [5, 5.41) is 6.29. The molecule has 1 aliphatic heterocycles. The summed E-state index contributed by atoms with van der Waals surface area (Å²) in [5.41, 5.74) is 3.72. The van der Waals surface area contributed by atoms with Gasteiger partial charge in [-0.15, -0.1) is 11.3 Å². The van der Waals surface area contributed by atoms with Crippen molar-refractivity contribution in [3.8, 4) is 0 Å². The van der Waals surface area contributed by atoms with Crippen LogP contribution in [0.5, 0.6) is 0 Å².